The molecule has 0 spiro atoms. The molecule has 0 radical (unpaired) electrons. The molecule has 0 bridgehead atoms. The molecule has 0 aliphatic rings. The second kappa shape index (κ2) is 10.2. The van der Waals surface area contributed by atoms with Gasteiger partial charge in [-0.1, -0.05) is 28.8 Å². The summed E-state index contributed by atoms with van der Waals surface area (Å²) in [4.78, 5) is 23.5. The molecule has 136 valence electrons. The van der Waals surface area contributed by atoms with Crippen molar-refractivity contribution in [1.82, 2.24) is 0 Å². The van der Waals surface area contributed by atoms with Crippen LogP contribution in [0.5, 0.6) is 5.75 Å². The number of benzene rings is 1. The van der Waals surface area contributed by atoms with Crippen molar-refractivity contribution < 1.29 is 18.7 Å². The van der Waals surface area contributed by atoms with Gasteiger partial charge in [-0.25, -0.2) is 4.79 Å². The van der Waals surface area contributed by atoms with Crippen LogP contribution >= 0.6 is 15.9 Å². The maximum atomic E-state index is 11.8. The minimum atomic E-state index is -0.487. The van der Waals surface area contributed by atoms with E-state index in [0.29, 0.717) is 30.1 Å². The summed E-state index contributed by atoms with van der Waals surface area (Å²) in [6, 6.07) is 6.68. The van der Waals surface area contributed by atoms with Gasteiger partial charge in [-0.3, -0.25) is 4.79 Å². The normalized spacial score (nSPS) is 10.8. The lowest BCUT2D eigenvalue weighted by atomic mass is 10.1. The molecule has 0 amide bonds. The van der Waals surface area contributed by atoms with Gasteiger partial charge < -0.3 is 13.9 Å². The smallest absolute Gasteiger partial charge is 0.336 e. The lowest BCUT2D eigenvalue weighted by Gasteiger charge is -2.09. The van der Waals surface area contributed by atoms with Gasteiger partial charge in [0, 0.05) is 22.8 Å². The number of fused-ring (bicyclic) bond motifs is 1. The molecule has 1 heterocycles. The SMILES string of the molecule is CCOC(=O)Cc1cc(=O)oc2cc(OCCCCCCBr)ccc12. The van der Waals surface area contributed by atoms with Crippen LogP contribution in [0.25, 0.3) is 11.0 Å². The minimum Gasteiger partial charge on any atom is -0.493 e. The highest BCUT2D eigenvalue weighted by molar-refractivity contribution is 9.09. The van der Waals surface area contributed by atoms with E-state index in [0.717, 1.165) is 23.6 Å². The second-order valence-electron chi connectivity index (χ2n) is 5.68. The van der Waals surface area contributed by atoms with Crippen molar-refractivity contribution in [3.05, 3.63) is 40.2 Å². The van der Waals surface area contributed by atoms with Gasteiger partial charge in [-0.2, -0.15) is 0 Å². The van der Waals surface area contributed by atoms with Crippen LogP contribution in [-0.2, 0) is 16.0 Å². The van der Waals surface area contributed by atoms with Crippen molar-refractivity contribution in [3.8, 4) is 5.75 Å². The fraction of sp³-hybridized carbons (Fsp3) is 0.474. The van der Waals surface area contributed by atoms with Crippen LogP contribution < -0.4 is 10.4 Å². The summed E-state index contributed by atoms with van der Waals surface area (Å²) in [5.74, 6) is 0.294. The Morgan fingerprint density at radius 1 is 1.16 bits per heavy atom. The molecule has 25 heavy (non-hydrogen) atoms. The van der Waals surface area contributed by atoms with E-state index in [4.69, 9.17) is 13.9 Å². The highest BCUT2D eigenvalue weighted by Crippen LogP contribution is 2.23. The number of carbonyl (C=O) groups excluding carboxylic acids is 1. The van der Waals surface area contributed by atoms with Gasteiger partial charge in [0.1, 0.15) is 11.3 Å². The fourth-order valence-corrected chi connectivity index (χ4v) is 2.95. The average molecular weight is 411 g/mol. The quantitative estimate of drug-likeness (QED) is 0.253. The predicted octanol–water partition coefficient (Wildman–Crippen LogP) is 4.23. The van der Waals surface area contributed by atoms with Crippen molar-refractivity contribution in [2.24, 2.45) is 0 Å². The zero-order chi connectivity index (χ0) is 18.1. The number of rotatable bonds is 10. The summed E-state index contributed by atoms with van der Waals surface area (Å²) >= 11 is 3.42. The Kier molecular flexibility index (Phi) is 7.98. The average Bonchev–Trinajstić information content (AvgIpc) is 2.57. The zero-order valence-electron chi connectivity index (χ0n) is 14.4. The predicted molar refractivity (Wildman–Crippen MR) is 101 cm³/mol. The monoisotopic (exact) mass is 410 g/mol. The number of hydrogen-bond donors (Lipinski definition) is 0. The Balaban J connectivity index is 2.06. The van der Waals surface area contributed by atoms with Crippen LogP contribution in [-0.4, -0.2) is 24.5 Å². The molecular formula is C19H23BrO5. The molecule has 2 rings (SSSR count). The fourth-order valence-electron chi connectivity index (χ4n) is 2.55. The molecule has 0 aliphatic heterocycles. The zero-order valence-corrected chi connectivity index (χ0v) is 16.0. The van der Waals surface area contributed by atoms with Crippen molar-refractivity contribution >= 4 is 32.9 Å². The molecule has 1 aromatic heterocycles. The van der Waals surface area contributed by atoms with Gasteiger partial charge in [0.2, 0.25) is 0 Å². The molecule has 0 N–H and O–H groups in total. The summed E-state index contributed by atoms with van der Waals surface area (Å²) in [5, 5.41) is 1.75. The number of unbranched alkanes of at least 4 members (excludes halogenated alkanes) is 3. The molecule has 2 aromatic rings. The van der Waals surface area contributed by atoms with Gasteiger partial charge in [0.25, 0.3) is 0 Å². The summed E-state index contributed by atoms with van der Waals surface area (Å²) in [6.45, 7) is 2.69. The molecule has 0 aliphatic carbocycles. The summed E-state index contributed by atoms with van der Waals surface area (Å²) < 4.78 is 15.9. The number of ether oxygens (including phenoxy) is 2. The maximum Gasteiger partial charge on any atom is 0.336 e. The van der Waals surface area contributed by atoms with Crippen LogP contribution in [0.4, 0.5) is 0 Å². The number of halogens is 1. The third kappa shape index (κ3) is 6.20. The molecule has 0 saturated carbocycles. The Morgan fingerprint density at radius 2 is 1.96 bits per heavy atom. The number of carbonyl (C=O) groups is 1. The minimum absolute atomic E-state index is 0.0454. The van der Waals surface area contributed by atoms with E-state index in [2.05, 4.69) is 15.9 Å². The largest absolute Gasteiger partial charge is 0.493 e. The van der Waals surface area contributed by atoms with Gasteiger partial charge in [0.05, 0.1) is 19.6 Å². The maximum absolute atomic E-state index is 11.8. The Morgan fingerprint density at radius 3 is 2.72 bits per heavy atom. The Bertz CT molecular complexity index is 753. The van der Waals surface area contributed by atoms with E-state index in [1.54, 1.807) is 13.0 Å². The van der Waals surface area contributed by atoms with Crippen molar-refractivity contribution in [2.75, 3.05) is 18.5 Å². The van der Waals surface area contributed by atoms with Crippen LogP contribution in [0.15, 0.2) is 33.5 Å². The van der Waals surface area contributed by atoms with E-state index in [1.165, 1.54) is 18.9 Å². The summed E-state index contributed by atoms with van der Waals surface area (Å²) in [6.07, 6.45) is 4.50. The van der Waals surface area contributed by atoms with Crippen LogP contribution in [0, 0.1) is 0 Å². The number of hydrogen-bond acceptors (Lipinski definition) is 5. The van der Waals surface area contributed by atoms with E-state index < -0.39 is 5.63 Å². The molecule has 6 heteroatoms. The third-order valence-corrected chi connectivity index (χ3v) is 4.30. The second-order valence-corrected chi connectivity index (χ2v) is 6.48. The third-order valence-electron chi connectivity index (χ3n) is 3.74. The standard InChI is InChI=1S/C19H23BrO5/c1-2-23-18(21)11-14-12-19(22)25-17-13-15(7-8-16(14)17)24-10-6-4-3-5-9-20/h7-8,12-13H,2-6,9-11H2,1H3. The van der Waals surface area contributed by atoms with Crippen molar-refractivity contribution in [2.45, 2.75) is 39.0 Å². The molecule has 0 saturated heterocycles. The van der Waals surface area contributed by atoms with E-state index in [1.807, 2.05) is 12.1 Å². The van der Waals surface area contributed by atoms with Crippen LogP contribution in [0.1, 0.15) is 38.2 Å². The lowest BCUT2D eigenvalue weighted by Crippen LogP contribution is -2.10. The molecule has 5 nitrogen and oxygen atoms in total. The van der Waals surface area contributed by atoms with Gasteiger partial charge in [0.15, 0.2) is 0 Å². The topological polar surface area (TPSA) is 65.7 Å². The first-order valence-corrected chi connectivity index (χ1v) is 9.67. The summed E-state index contributed by atoms with van der Waals surface area (Å²) in [5.41, 5.74) is 0.535. The van der Waals surface area contributed by atoms with E-state index >= 15 is 0 Å². The Labute approximate surface area is 155 Å². The first kappa shape index (κ1) is 19.5. The van der Waals surface area contributed by atoms with Gasteiger partial charge in [-0.05, 0) is 37.5 Å². The van der Waals surface area contributed by atoms with E-state index in [-0.39, 0.29) is 12.4 Å². The molecule has 0 atom stereocenters. The van der Waals surface area contributed by atoms with E-state index in [9.17, 15) is 9.59 Å². The molecular weight excluding hydrogens is 388 g/mol. The van der Waals surface area contributed by atoms with Gasteiger partial charge >= 0.3 is 11.6 Å². The highest BCUT2D eigenvalue weighted by Gasteiger charge is 2.11. The molecule has 0 unspecified atom stereocenters. The molecule has 0 fully saturated rings. The first-order chi connectivity index (χ1) is 12.1. The highest BCUT2D eigenvalue weighted by atomic mass is 79.9. The first-order valence-electron chi connectivity index (χ1n) is 8.55. The van der Waals surface area contributed by atoms with Crippen molar-refractivity contribution in [1.29, 1.82) is 0 Å². The lowest BCUT2D eigenvalue weighted by molar-refractivity contribution is -0.142. The number of esters is 1. The Hall–Kier alpha value is -1.82. The van der Waals surface area contributed by atoms with Crippen LogP contribution in [0.3, 0.4) is 0 Å². The van der Waals surface area contributed by atoms with Crippen LogP contribution in [0.2, 0.25) is 0 Å². The molecule has 1 aromatic carbocycles. The number of alkyl halides is 1. The summed E-state index contributed by atoms with van der Waals surface area (Å²) in [7, 11) is 0. The van der Waals surface area contributed by atoms with Crippen molar-refractivity contribution in [3.63, 3.8) is 0 Å². The van der Waals surface area contributed by atoms with Gasteiger partial charge in [-0.15, -0.1) is 0 Å².